The molecular weight excluding hydrogens is 220 g/mol. The summed E-state index contributed by atoms with van der Waals surface area (Å²) in [5, 5.41) is 0. The van der Waals surface area contributed by atoms with E-state index in [0.717, 1.165) is 17.7 Å². The molecule has 93 valence electrons. The molecule has 0 saturated heterocycles. The molecule has 0 heterocycles. The molecule has 0 spiro atoms. The van der Waals surface area contributed by atoms with Crippen LogP contribution in [0.25, 0.3) is 0 Å². The van der Waals surface area contributed by atoms with Crippen molar-refractivity contribution < 1.29 is 4.74 Å². The summed E-state index contributed by atoms with van der Waals surface area (Å²) in [5.41, 5.74) is 2.46. The minimum atomic E-state index is 0.888. The van der Waals surface area contributed by atoms with Crippen molar-refractivity contribution in [3.05, 3.63) is 72.3 Å². The van der Waals surface area contributed by atoms with Crippen molar-refractivity contribution in [3.8, 4) is 5.75 Å². The highest BCUT2D eigenvalue weighted by Crippen LogP contribution is 2.16. The third kappa shape index (κ3) is 3.92. The molecule has 0 aliphatic rings. The van der Waals surface area contributed by atoms with E-state index in [1.54, 1.807) is 6.61 Å². The van der Waals surface area contributed by atoms with Gasteiger partial charge in [0.05, 0.1) is 0 Å². The Labute approximate surface area is 109 Å². The van der Waals surface area contributed by atoms with Gasteiger partial charge >= 0.3 is 0 Å². The zero-order chi connectivity index (χ0) is 12.6. The van der Waals surface area contributed by atoms with Gasteiger partial charge in [-0.1, -0.05) is 55.8 Å². The van der Waals surface area contributed by atoms with Crippen molar-refractivity contribution in [1.29, 1.82) is 0 Å². The number of rotatable bonds is 6. The molecule has 0 fully saturated rings. The Kier molecular flexibility index (Phi) is 4.83. The van der Waals surface area contributed by atoms with Crippen molar-refractivity contribution in [1.82, 2.24) is 0 Å². The van der Waals surface area contributed by atoms with Crippen LogP contribution in [0.5, 0.6) is 5.75 Å². The van der Waals surface area contributed by atoms with E-state index in [1.807, 2.05) is 42.5 Å². The lowest BCUT2D eigenvalue weighted by atomic mass is 10.1. The zero-order valence-electron chi connectivity index (χ0n) is 10.8. The van der Waals surface area contributed by atoms with Crippen LogP contribution in [-0.4, -0.2) is 0 Å². The largest absolute Gasteiger partial charge is 0.481 e. The van der Waals surface area contributed by atoms with E-state index in [9.17, 15) is 0 Å². The van der Waals surface area contributed by atoms with Crippen LogP contribution in [0.3, 0.4) is 0 Å². The van der Waals surface area contributed by atoms with Gasteiger partial charge in [0.15, 0.2) is 6.61 Å². The van der Waals surface area contributed by atoms with E-state index in [1.165, 1.54) is 18.4 Å². The monoisotopic (exact) mass is 239 g/mol. The molecule has 0 unspecified atom stereocenters. The lowest BCUT2D eigenvalue weighted by Gasteiger charge is -2.06. The van der Waals surface area contributed by atoms with Gasteiger partial charge < -0.3 is 4.74 Å². The number of benzene rings is 2. The molecule has 0 aliphatic heterocycles. The summed E-state index contributed by atoms with van der Waals surface area (Å²) in [6, 6.07) is 18.4. The normalized spacial score (nSPS) is 10.3. The molecule has 2 aromatic carbocycles. The second kappa shape index (κ2) is 6.85. The molecule has 0 bridgehead atoms. The molecule has 18 heavy (non-hydrogen) atoms. The van der Waals surface area contributed by atoms with Crippen LogP contribution in [0.4, 0.5) is 0 Å². The first-order valence-corrected chi connectivity index (χ1v) is 6.52. The number of hydrogen-bond acceptors (Lipinski definition) is 1. The highest BCUT2D eigenvalue weighted by Gasteiger charge is 1.97. The van der Waals surface area contributed by atoms with Crippen LogP contribution in [-0.2, 0) is 6.42 Å². The summed E-state index contributed by atoms with van der Waals surface area (Å²) in [4.78, 5) is 0. The number of ether oxygens (including phenoxy) is 1. The molecule has 0 N–H and O–H groups in total. The summed E-state index contributed by atoms with van der Waals surface area (Å²) in [6.07, 6.45) is 3.63. The highest BCUT2D eigenvalue weighted by atomic mass is 16.5. The van der Waals surface area contributed by atoms with Crippen LogP contribution >= 0.6 is 0 Å². The van der Waals surface area contributed by atoms with E-state index in [0.29, 0.717) is 0 Å². The van der Waals surface area contributed by atoms with E-state index in [2.05, 4.69) is 19.1 Å². The summed E-state index contributed by atoms with van der Waals surface area (Å²) >= 11 is 0. The lowest BCUT2D eigenvalue weighted by molar-refractivity contribution is 0.428. The van der Waals surface area contributed by atoms with Gasteiger partial charge in [0.2, 0.25) is 0 Å². The van der Waals surface area contributed by atoms with E-state index >= 15 is 0 Å². The first-order chi connectivity index (χ1) is 8.88. The standard InChI is InChI=1S/C17H19O/c1-2-3-7-15-10-12-17(13-11-15)18-14-16-8-5-4-6-9-16/h4-6,8-14H,2-3,7H2,1H3. The lowest BCUT2D eigenvalue weighted by Crippen LogP contribution is -1.92. The number of unbranched alkanes of at least 4 members (excludes halogenated alkanes) is 1. The van der Waals surface area contributed by atoms with Crippen molar-refractivity contribution in [2.24, 2.45) is 0 Å². The molecule has 1 radical (unpaired) electrons. The number of hydrogen-bond donors (Lipinski definition) is 0. The predicted molar refractivity (Wildman–Crippen MR) is 75.5 cm³/mol. The Morgan fingerprint density at radius 1 is 0.944 bits per heavy atom. The van der Waals surface area contributed by atoms with Crippen LogP contribution < -0.4 is 4.74 Å². The molecule has 0 atom stereocenters. The van der Waals surface area contributed by atoms with Gasteiger partial charge in [0.25, 0.3) is 0 Å². The average molecular weight is 239 g/mol. The van der Waals surface area contributed by atoms with Gasteiger partial charge in [-0.3, -0.25) is 0 Å². The van der Waals surface area contributed by atoms with Gasteiger partial charge in [0.1, 0.15) is 5.75 Å². The predicted octanol–water partition coefficient (Wildman–Crippen LogP) is 4.62. The molecule has 0 saturated carbocycles. The summed E-state index contributed by atoms with van der Waals surface area (Å²) < 4.78 is 5.63. The number of aryl methyl sites for hydroxylation is 1. The maximum atomic E-state index is 5.63. The van der Waals surface area contributed by atoms with Crippen LogP contribution in [0.2, 0.25) is 0 Å². The average Bonchev–Trinajstić information content (AvgIpc) is 2.45. The smallest absolute Gasteiger partial charge is 0.165 e. The SMILES string of the molecule is CCCCc1ccc(O[CH]c2ccccc2)cc1. The van der Waals surface area contributed by atoms with E-state index in [-0.39, 0.29) is 0 Å². The molecule has 1 heteroatoms. The van der Waals surface area contributed by atoms with Gasteiger partial charge in [-0.25, -0.2) is 0 Å². The molecule has 0 aromatic heterocycles. The third-order valence-corrected chi connectivity index (χ3v) is 2.87. The molecule has 2 aromatic rings. The van der Waals surface area contributed by atoms with Gasteiger partial charge in [0, 0.05) is 0 Å². The van der Waals surface area contributed by atoms with Gasteiger partial charge in [-0.15, -0.1) is 0 Å². The second-order valence-electron chi connectivity index (χ2n) is 4.39. The van der Waals surface area contributed by atoms with Crippen LogP contribution in [0, 0.1) is 6.61 Å². The molecular formula is C17H19O. The third-order valence-electron chi connectivity index (χ3n) is 2.87. The first kappa shape index (κ1) is 12.7. The Hall–Kier alpha value is -1.76. The molecule has 2 rings (SSSR count). The summed E-state index contributed by atoms with van der Waals surface area (Å²) in [5.74, 6) is 0.888. The van der Waals surface area contributed by atoms with Gasteiger partial charge in [-0.05, 0) is 36.1 Å². The minimum Gasteiger partial charge on any atom is -0.481 e. The van der Waals surface area contributed by atoms with E-state index < -0.39 is 0 Å². The minimum absolute atomic E-state index is 0.888. The maximum absolute atomic E-state index is 5.63. The Morgan fingerprint density at radius 2 is 1.67 bits per heavy atom. The van der Waals surface area contributed by atoms with Crippen molar-refractivity contribution in [3.63, 3.8) is 0 Å². The van der Waals surface area contributed by atoms with Crippen molar-refractivity contribution >= 4 is 0 Å². The quantitative estimate of drug-likeness (QED) is 0.714. The Bertz CT molecular complexity index is 445. The molecule has 1 nitrogen and oxygen atoms in total. The van der Waals surface area contributed by atoms with Crippen LogP contribution in [0.15, 0.2) is 54.6 Å². The molecule has 0 aliphatic carbocycles. The topological polar surface area (TPSA) is 9.23 Å². The summed E-state index contributed by atoms with van der Waals surface area (Å²) in [6.45, 7) is 3.99. The van der Waals surface area contributed by atoms with Gasteiger partial charge in [-0.2, -0.15) is 0 Å². The Morgan fingerprint density at radius 3 is 2.33 bits per heavy atom. The molecule has 0 amide bonds. The van der Waals surface area contributed by atoms with Crippen molar-refractivity contribution in [2.45, 2.75) is 26.2 Å². The Balaban J connectivity index is 1.86. The van der Waals surface area contributed by atoms with Crippen molar-refractivity contribution in [2.75, 3.05) is 0 Å². The fraction of sp³-hybridized carbons (Fsp3) is 0.235. The fourth-order valence-corrected chi connectivity index (χ4v) is 1.78. The summed E-state index contributed by atoms with van der Waals surface area (Å²) in [7, 11) is 0. The van der Waals surface area contributed by atoms with E-state index in [4.69, 9.17) is 4.74 Å². The fourth-order valence-electron chi connectivity index (χ4n) is 1.78. The van der Waals surface area contributed by atoms with Crippen LogP contribution in [0.1, 0.15) is 30.9 Å². The maximum Gasteiger partial charge on any atom is 0.165 e. The first-order valence-electron chi connectivity index (χ1n) is 6.52. The highest BCUT2D eigenvalue weighted by molar-refractivity contribution is 5.29. The second-order valence-corrected chi connectivity index (χ2v) is 4.39. The zero-order valence-corrected chi connectivity index (χ0v) is 10.8.